The van der Waals surface area contributed by atoms with Gasteiger partial charge in [0.05, 0.1) is 13.2 Å². The van der Waals surface area contributed by atoms with Crippen molar-refractivity contribution in [3.63, 3.8) is 0 Å². The lowest BCUT2D eigenvalue weighted by molar-refractivity contribution is 0.161. The number of methoxy groups -OCH3 is 1. The van der Waals surface area contributed by atoms with E-state index in [0.29, 0.717) is 6.04 Å². The van der Waals surface area contributed by atoms with Gasteiger partial charge in [-0.2, -0.15) is 5.10 Å². The van der Waals surface area contributed by atoms with E-state index >= 15 is 0 Å². The Bertz CT molecular complexity index is 250. The van der Waals surface area contributed by atoms with Crippen molar-refractivity contribution < 1.29 is 4.74 Å². The van der Waals surface area contributed by atoms with E-state index in [9.17, 15) is 0 Å². The molecule has 0 bridgehead atoms. The summed E-state index contributed by atoms with van der Waals surface area (Å²) in [6.45, 7) is 3.26. The number of hydrogen-bond acceptors (Lipinski definition) is 4. The number of nitrogens with zero attached hydrogens (tertiary/aromatic N) is 2. The number of ether oxygens (including phenoxy) is 1. The van der Waals surface area contributed by atoms with Crippen LogP contribution >= 0.6 is 0 Å². The van der Waals surface area contributed by atoms with Crippen LogP contribution in [0.15, 0.2) is 18.5 Å². The van der Waals surface area contributed by atoms with Gasteiger partial charge in [0.25, 0.3) is 0 Å². The summed E-state index contributed by atoms with van der Waals surface area (Å²) in [6.07, 6.45) is 5.85. The molecule has 3 N–H and O–H groups in total. The van der Waals surface area contributed by atoms with Gasteiger partial charge >= 0.3 is 0 Å². The summed E-state index contributed by atoms with van der Waals surface area (Å²) in [5, 5.41) is 7.60. The minimum Gasteiger partial charge on any atom is -0.383 e. The molecule has 16 heavy (non-hydrogen) atoms. The molecular weight excluding hydrogens is 204 g/mol. The summed E-state index contributed by atoms with van der Waals surface area (Å²) in [7, 11) is 1.73. The van der Waals surface area contributed by atoms with E-state index in [0.717, 1.165) is 39.1 Å². The molecule has 5 nitrogen and oxygen atoms in total. The predicted molar refractivity (Wildman–Crippen MR) is 64.2 cm³/mol. The van der Waals surface area contributed by atoms with Gasteiger partial charge in [0.15, 0.2) is 0 Å². The Morgan fingerprint density at radius 2 is 2.44 bits per heavy atom. The average molecular weight is 226 g/mol. The Balaban J connectivity index is 2.15. The standard InChI is InChI=1S/C11H22N4O/c1-16-10-11(4-2-5-12)13-7-9-15-8-3-6-14-15/h3,6,8,11,13H,2,4-5,7,9-10,12H2,1H3. The van der Waals surface area contributed by atoms with Gasteiger partial charge in [0.1, 0.15) is 0 Å². The summed E-state index contributed by atoms with van der Waals surface area (Å²) in [4.78, 5) is 0. The second-order valence-electron chi connectivity index (χ2n) is 3.81. The molecule has 0 aliphatic carbocycles. The van der Waals surface area contributed by atoms with Gasteiger partial charge in [0, 0.05) is 32.1 Å². The second kappa shape index (κ2) is 8.27. The summed E-state index contributed by atoms with van der Waals surface area (Å²) in [6, 6.07) is 2.32. The van der Waals surface area contributed by atoms with Crippen LogP contribution in [0.5, 0.6) is 0 Å². The van der Waals surface area contributed by atoms with Crippen molar-refractivity contribution in [2.45, 2.75) is 25.4 Å². The molecule has 5 heteroatoms. The molecule has 0 saturated carbocycles. The Hall–Kier alpha value is -0.910. The number of hydrogen-bond donors (Lipinski definition) is 2. The topological polar surface area (TPSA) is 65.1 Å². The Morgan fingerprint density at radius 1 is 1.56 bits per heavy atom. The molecule has 0 amide bonds. The molecule has 0 fully saturated rings. The first-order valence-corrected chi connectivity index (χ1v) is 5.76. The fourth-order valence-electron chi connectivity index (χ4n) is 1.63. The van der Waals surface area contributed by atoms with E-state index < -0.39 is 0 Å². The first kappa shape index (κ1) is 13.2. The van der Waals surface area contributed by atoms with Crippen molar-refractivity contribution in [2.24, 2.45) is 5.73 Å². The molecule has 1 atom stereocenters. The third-order valence-corrected chi connectivity index (χ3v) is 2.46. The molecule has 1 aromatic rings. The van der Waals surface area contributed by atoms with Crippen molar-refractivity contribution in [1.29, 1.82) is 0 Å². The van der Waals surface area contributed by atoms with Gasteiger partial charge in [-0.25, -0.2) is 0 Å². The molecule has 0 radical (unpaired) electrons. The molecule has 1 unspecified atom stereocenters. The Labute approximate surface area is 97.0 Å². The lowest BCUT2D eigenvalue weighted by atomic mass is 10.1. The van der Waals surface area contributed by atoms with Crippen molar-refractivity contribution in [2.75, 3.05) is 26.8 Å². The lowest BCUT2D eigenvalue weighted by Gasteiger charge is -2.17. The Morgan fingerprint density at radius 3 is 3.06 bits per heavy atom. The van der Waals surface area contributed by atoms with E-state index in [4.69, 9.17) is 10.5 Å². The smallest absolute Gasteiger partial charge is 0.0615 e. The third-order valence-electron chi connectivity index (χ3n) is 2.46. The number of nitrogens with one attached hydrogen (secondary N) is 1. The van der Waals surface area contributed by atoms with Crippen molar-refractivity contribution in [3.05, 3.63) is 18.5 Å². The first-order valence-electron chi connectivity index (χ1n) is 5.76. The van der Waals surface area contributed by atoms with E-state index in [1.165, 1.54) is 0 Å². The van der Waals surface area contributed by atoms with Crippen molar-refractivity contribution >= 4 is 0 Å². The SMILES string of the molecule is COCC(CCCN)NCCn1cccn1. The highest BCUT2D eigenvalue weighted by Crippen LogP contribution is 1.96. The number of rotatable bonds is 9. The monoisotopic (exact) mass is 226 g/mol. The van der Waals surface area contributed by atoms with Crippen LogP contribution in [0.25, 0.3) is 0 Å². The number of nitrogens with two attached hydrogens (primary N) is 1. The zero-order chi connectivity index (χ0) is 11.6. The Kier molecular flexibility index (Phi) is 6.80. The van der Waals surface area contributed by atoms with Gasteiger partial charge in [-0.05, 0) is 25.5 Å². The molecular formula is C11H22N4O. The van der Waals surface area contributed by atoms with Crippen LogP contribution in [0, 0.1) is 0 Å². The van der Waals surface area contributed by atoms with Crippen LogP contribution in [0.4, 0.5) is 0 Å². The summed E-state index contributed by atoms with van der Waals surface area (Å²) >= 11 is 0. The van der Waals surface area contributed by atoms with Crippen LogP contribution in [-0.4, -0.2) is 42.6 Å². The molecule has 1 rings (SSSR count). The van der Waals surface area contributed by atoms with Gasteiger partial charge in [-0.1, -0.05) is 0 Å². The van der Waals surface area contributed by atoms with Gasteiger partial charge in [-0.15, -0.1) is 0 Å². The van der Waals surface area contributed by atoms with E-state index in [-0.39, 0.29) is 0 Å². The van der Waals surface area contributed by atoms with Crippen LogP contribution in [-0.2, 0) is 11.3 Å². The fraction of sp³-hybridized carbons (Fsp3) is 0.727. The quantitative estimate of drug-likeness (QED) is 0.632. The molecule has 0 saturated heterocycles. The maximum absolute atomic E-state index is 5.50. The first-order chi connectivity index (χ1) is 7.86. The molecule has 1 aromatic heterocycles. The molecule has 0 aliphatic heterocycles. The average Bonchev–Trinajstić information content (AvgIpc) is 2.79. The largest absolute Gasteiger partial charge is 0.383 e. The van der Waals surface area contributed by atoms with Crippen molar-refractivity contribution in [1.82, 2.24) is 15.1 Å². The lowest BCUT2D eigenvalue weighted by Crippen LogP contribution is -2.35. The van der Waals surface area contributed by atoms with Gasteiger partial charge in [0.2, 0.25) is 0 Å². The van der Waals surface area contributed by atoms with Gasteiger partial charge in [-0.3, -0.25) is 4.68 Å². The zero-order valence-corrected chi connectivity index (χ0v) is 9.93. The molecule has 92 valence electrons. The normalized spacial score (nSPS) is 12.9. The highest BCUT2D eigenvalue weighted by Gasteiger charge is 2.06. The maximum Gasteiger partial charge on any atom is 0.0615 e. The van der Waals surface area contributed by atoms with Gasteiger partial charge < -0.3 is 15.8 Å². The summed E-state index contributed by atoms with van der Waals surface area (Å²) in [5.41, 5.74) is 5.50. The van der Waals surface area contributed by atoms with Crippen LogP contribution in [0.2, 0.25) is 0 Å². The minimum atomic E-state index is 0.393. The summed E-state index contributed by atoms with van der Waals surface area (Å²) in [5.74, 6) is 0. The van der Waals surface area contributed by atoms with Crippen LogP contribution < -0.4 is 11.1 Å². The summed E-state index contributed by atoms with van der Waals surface area (Å²) < 4.78 is 7.08. The predicted octanol–water partition coefficient (Wildman–Crippen LogP) is 0.227. The van der Waals surface area contributed by atoms with Crippen LogP contribution in [0.3, 0.4) is 0 Å². The van der Waals surface area contributed by atoms with Crippen molar-refractivity contribution in [3.8, 4) is 0 Å². The zero-order valence-electron chi connectivity index (χ0n) is 9.93. The number of aromatic nitrogens is 2. The highest BCUT2D eigenvalue weighted by molar-refractivity contribution is 4.78. The van der Waals surface area contributed by atoms with E-state index in [1.807, 2.05) is 16.9 Å². The minimum absolute atomic E-state index is 0.393. The maximum atomic E-state index is 5.50. The van der Waals surface area contributed by atoms with Crippen LogP contribution in [0.1, 0.15) is 12.8 Å². The molecule has 0 aromatic carbocycles. The van der Waals surface area contributed by atoms with E-state index in [2.05, 4.69) is 10.4 Å². The third kappa shape index (κ3) is 5.25. The molecule has 1 heterocycles. The second-order valence-corrected chi connectivity index (χ2v) is 3.81. The highest BCUT2D eigenvalue weighted by atomic mass is 16.5. The molecule has 0 aliphatic rings. The molecule has 0 spiro atoms. The van der Waals surface area contributed by atoms with E-state index in [1.54, 1.807) is 13.3 Å². The fourth-order valence-corrected chi connectivity index (χ4v) is 1.63.